The normalized spacial score (nSPS) is 17.9. The molecule has 2 unspecified atom stereocenters. The van der Waals surface area contributed by atoms with Crippen LogP contribution in [0.15, 0.2) is 89.8 Å². The summed E-state index contributed by atoms with van der Waals surface area (Å²) in [5.74, 6) is 3.22. The number of nitrogens with zero attached hydrogens (tertiary/aromatic N) is 1. The van der Waals surface area contributed by atoms with E-state index in [-0.39, 0.29) is 18.4 Å². The molecular weight excluding hydrogens is 542 g/mol. The van der Waals surface area contributed by atoms with Crippen LogP contribution in [-0.4, -0.2) is 37.7 Å². The first kappa shape index (κ1) is 28.2. The summed E-state index contributed by atoms with van der Waals surface area (Å²) in [4.78, 5) is 3.59. The second-order valence-corrected chi connectivity index (χ2v) is 12.0. The highest BCUT2D eigenvalue weighted by molar-refractivity contribution is 7.68. The Kier molecular flexibility index (Phi) is 11.1. The van der Waals surface area contributed by atoms with Crippen LogP contribution in [0.2, 0.25) is 0 Å². The van der Waals surface area contributed by atoms with Crippen LogP contribution in [0.5, 0.6) is 0 Å². The van der Waals surface area contributed by atoms with E-state index < -0.39 is 7.29 Å². The molecule has 2 atom stereocenters. The fourth-order valence-electron chi connectivity index (χ4n) is 3.82. The van der Waals surface area contributed by atoms with Crippen molar-refractivity contribution in [3.63, 3.8) is 0 Å². The van der Waals surface area contributed by atoms with Gasteiger partial charge in [-0.2, -0.15) is 0 Å². The van der Waals surface area contributed by atoms with Gasteiger partial charge in [-0.05, 0) is 22.6 Å². The van der Waals surface area contributed by atoms with E-state index in [1.165, 1.54) is 4.88 Å². The van der Waals surface area contributed by atoms with E-state index in [0.717, 1.165) is 24.2 Å². The fourth-order valence-corrected chi connectivity index (χ4v) is 7.49. The van der Waals surface area contributed by atoms with Gasteiger partial charge in [0.15, 0.2) is 7.29 Å². The number of halogens is 3. The molecule has 35 heavy (non-hydrogen) atoms. The third-order valence-corrected chi connectivity index (χ3v) is 9.49. The first-order chi connectivity index (χ1) is 16.5. The van der Waals surface area contributed by atoms with Gasteiger partial charge in [0.25, 0.3) is 0 Å². The maximum Gasteiger partial charge on any atom is 0.193 e. The molecular formula is C26H28Cl3N2O2PS. The number of hydrogen-bond donors (Lipinski definition) is 1. The monoisotopic (exact) mass is 568 g/mol. The highest BCUT2D eigenvalue weighted by atomic mass is 35.5. The summed E-state index contributed by atoms with van der Waals surface area (Å²) >= 11 is 15.0. The van der Waals surface area contributed by atoms with Gasteiger partial charge in [0.05, 0.1) is 29.3 Å². The number of hydrogen-bond acceptors (Lipinski definition) is 4. The van der Waals surface area contributed by atoms with Crippen LogP contribution >= 0.6 is 54.2 Å². The summed E-state index contributed by atoms with van der Waals surface area (Å²) in [7, 11) is -3.26. The topological polar surface area (TPSA) is 41.6 Å². The Bertz CT molecular complexity index is 1090. The van der Waals surface area contributed by atoms with Crippen molar-refractivity contribution in [2.75, 3.05) is 32.8 Å². The van der Waals surface area contributed by atoms with Crippen LogP contribution < -0.4 is 5.09 Å². The maximum absolute atomic E-state index is 14.3. The quantitative estimate of drug-likeness (QED) is 0.266. The van der Waals surface area contributed by atoms with Crippen molar-refractivity contribution < 1.29 is 9.30 Å². The molecule has 1 N–H and O–H groups in total. The molecule has 0 radical (unpaired) electrons. The molecule has 9 heteroatoms. The second kappa shape index (κ2) is 13.8. The predicted octanol–water partition coefficient (Wildman–Crippen LogP) is 7.89. The summed E-state index contributed by atoms with van der Waals surface area (Å²) in [6, 6.07) is 23.3. The molecule has 0 saturated carbocycles. The van der Waals surface area contributed by atoms with Crippen LogP contribution in [0.25, 0.3) is 10.1 Å². The van der Waals surface area contributed by atoms with E-state index in [9.17, 15) is 4.57 Å². The van der Waals surface area contributed by atoms with Gasteiger partial charge in [0.2, 0.25) is 0 Å². The van der Waals surface area contributed by atoms with E-state index in [0.29, 0.717) is 29.8 Å². The third-order valence-electron chi connectivity index (χ3n) is 5.60. The van der Waals surface area contributed by atoms with Crippen molar-refractivity contribution in [2.45, 2.75) is 6.04 Å². The zero-order valence-electron chi connectivity index (χ0n) is 19.1. The largest absolute Gasteiger partial charge is 0.379 e. The lowest BCUT2D eigenvalue weighted by atomic mass is 10.2. The van der Waals surface area contributed by atoms with Crippen LogP contribution in [0, 0.1) is 0 Å². The molecule has 4 nitrogen and oxygen atoms in total. The smallest absolute Gasteiger partial charge is 0.193 e. The molecule has 186 valence electrons. The van der Waals surface area contributed by atoms with Gasteiger partial charge < -0.3 is 4.74 Å². The summed E-state index contributed by atoms with van der Waals surface area (Å²) in [6.07, 6.45) is 0. The third kappa shape index (κ3) is 8.04. The van der Waals surface area contributed by atoms with Crippen molar-refractivity contribution in [3.8, 4) is 0 Å². The Morgan fingerprint density at radius 3 is 1.97 bits per heavy atom. The number of rotatable bonds is 9. The Balaban J connectivity index is 0.00000342. The van der Waals surface area contributed by atoms with Crippen LogP contribution in [0.1, 0.15) is 22.0 Å². The Labute approximate surface area is 227 Å². The lowest BCUT2D eigenvalue weighted by molar-refractivity contribution is 0.0179. The molecule has 2 heterocycles. The van der Waals surface area contributed by atoms with Crippen LogP contribution in [0.4, 0.5) is 0 Å². The number of thiophene rings is 1. The molecule has 4 rings (SSSR count). The number of benzene rings is 2. The first-order valence-corrected chi connectivity index (χ1v) is 14.6. The lowest BCUT2D eigenvalue weighted by Crippen LogP contribution is -2.42. The van der Waals surface area contributed by atoms with Gasteiger partial charge in [0, 0.05) is 36.1 Å². The summed E-state index contributed by atoms with van der Waals surface area (Å²) in [6.45, 7) is 3.53. The number of ether oxygens (including phenoxy) is 1. The molecule has 3 aromatic rings. The van der Waals surface area contributed by atoms with E-state index in [1.807, 2.05) is 66.7 Å². The van der Waals surface area contributed by atoms with Crippen molar-refractivity contribution in [3.05, 3.63) is 106 Å². The summed E-state index contributed by atoms with van der Waals surface area (Å²) in [5, 5.41) is 6.25. The Morgan fingerprint density at radius 1 is 0.943 bits per heavy atom. The van der Waals surface area contributed by atoms with Gasteiger partial charge in [-0.15, -0.1) is 23.7 Å². The van der Waals surface area contributed by atoms with E-state index in [1.54, 1.807) is 23.0 Å². The van der Waals surface area contributed by atoms with Gasteiger partial charge in [-0.3, -0.25) is 14.6 Å². The van der Waals surface area contributed by atoms with Gasteiger partial charge in [0.1, 0.15) is 0 Å². The van der Waals surface area contributed by atoms with E-state index in [2.05, 4.69) is 21.4 Å². The molecule has 2 aromatic carbocycles. The number of nitrogens with one attached hydrogen (secondary N) is 1. The van der Waals surface area contributed by atoms with E-state index >= 15 is 0 Å². The zero-order valence-corrected chi connectivity index (χ0v) is 23.1. The minimum absolute atomic E-state index is 0. The van der Waals surface area contributed by atoms with Gasteiger partial charge >= 0.3 is 0 Å². The molecule has 1 aromatic heterocycles. The van der Waals surface area contributed by atoms with Crippen LogP contribution in [-0.2, 0) is 9.30 Å². The van der Waals surface area contributed by atoms with Gasteiger partial charge in [-0.25, -0.2) is 0 Å². The average Bonchev–Trinajstić information content (AvgIpc) is 3.40. The molecule has 0 bridgehead atoms. The first-order valence-electron chi connectivity index (χ1n) is 11.1. The highest BCUT2D eigenvalue weighted by Gasteiger charge is 2.27. The molecule has 1 aliphatic rings. The zero-order chi connectivity index (χ0) is 23.8. The van der Waals surface area contributed by atoms with Gasteiger partial charge in [-0.1, -0.05) is 89.9 Å². The van der Waals surface area contributed by atoms with Crippen LogP contribution in [0.3, 0.4) is 0 Å². The second-order valence-electron chi connectivity index (χ2n) is 7.94. The molecule has 0 amide bonds. The van der Waals surface area contributed by atoms with Crippen molar-refractivity contribution in [1.29, 1.82) is 0 Å². The summed E-state index contributed by atoms with van der Waals surface area (Å²) < 4.78 is 19.8. The number of morpholine rings is 1. The molecule has 0 spiro atoms. The Hall–Kier alpha value is -1.40. The standard InChI is InChI=1S/C26H27Cl2N2O2PS.ClH/c27-23(21-8-3-1-4-9-21)19-33(31,20-24(28)22-10-5-2-6-11-22)29-18-25(26-12-7-17-34-26)30-13-15-32-16-14-30;/h1-12,17,19-20,25H,13-16,18H2,(H,29,31);1H/b23-19-,24-20+;. The average molecular weight is 570 g/mol. The minimum Gasteiger partial charge on any atom is -0.379 e. The Morgan fingerprint density at radius 2 is 1.49 bits per heavy atom. The SMILES string of the molecule is Cl.O=P(/C=C(\Cl)c1ccccc1)(/C=C(/Cl)c1ccccc1)NCC(c1cccs1)N1CCOCC1. The maximum atomic E-state index is 14.3. The fraction of sp³-hybridized carbons (Fsp3) is 0.231. The van der Waals surface area contributed by atoms with Crippen molar-refractivity contribution in [1.82, 2.24) is 9.99 Å². The molecule has 0 aliphatic carbocycles. The molecule has 1 saturated heterocycles. The van der Waals surface area contributed by atoms with Crippen molar-refractivity contribution >= 4 is 64.3 Å². The highest BCUT2D eigenvalue weighted by Crippen LogP contribution is 2.50. The lowest BCUT2D eigenvalue weighted by Gasteiger charge is -2.34. The summed E-state index contributed by atoms with van der Waals surface area (Å²) in [5.41, 5.74) is 1.61. The predicted molar refractivity (Wildman–Crippen MR) is 153 cm³/mol. The molecule has 1 aliphatic heterocycles. The van der Waals surface area contributed by atoms with E-state index in [4.69, 9.17) is 27.9 Å². The van der Waals surface area contributed by atoms with Crippen molar-refractivity contribution in [2.24, 2.45) is 0 Å². The molecule has 1 fully saturated rings. The minimum atomic E-state index is -3.26.